The Bertz CT molecular complexity index is 483. The Hall–Kier alpha value is -1.40. The van der Waals surface area contributed by atoms with E-state index in [0.717, 1.165) is 62.8 Å². The molecule has 1 atom stereocenters. The molecule has 1 aliphatic rings. The number of hydrogen-bond donors (Lipinski definition) is 2. The van der Waals surface area contributed by atoms with E-state index in [2.05, 4.69) is 20.2 Å². The van der Waals surface area contributed by atoms with Crippen LogP contribution in [0.2, 0.25) is 0 Å². The average molecular weight is 308 g/mol. The number of hydrogen-bond acceptors (Lipinski definition) is 6. The second kappa shape index (κ2) is 7.74. The normalized spacial score (nSPS) is 21.9. The number of aromatic nitrogens is 2. The van der Waals surface area contributed by atoms with E-state index >= 15 is 0 Å². The molecule has 0 aliphatic carbocycles. The van der Waals surface area contributed by atoms with Crippen molar-refractivity contribution < 1.29 is 9.84 Å². The van der Waals surface area contributed by atoms with Crippen molar-refractivity contribution in [1.29, 1.82) is 0 Å². The summed E-state index contributed by atoms with van der Waals surface area (Å²) >= 11 is 0. The molecule has 1 saturated heterocycles. The molecule has 0 saturated carbocycles. The maximum Gasteiger partial charge on any atom is 0.227 e. The van der Waals surface area contributed by atoms with Gasteiger partial charge in [-0.25, -0.2) is 4.98 Å². The highest BCUT2D eigenvalue weighted by atomic mass is 16.5. The maximum atomic E-state index is 9.94. The van der Waals surface area contributed by atoms with Crippen LogP contribution in [-0.4, -0.2) is 55.5 Å². The second-order valence-electron chi connectivity index (χ2n) is 6.22. The van der Waals surface area contributed by atoms with Crippen LogP contribution in [0.25, 0.3) is 0 Å². The highest BCUT2D eigenvalue weighted by Crippen LogP contribution is 2.35. The van der Waals surface area contributed by atoms with Gasteiger partial charge in [-0.05, 0) is 32.6 Å². The van der Waals surface area contributed by atoms with Gasteiger partial charge in [0.15, 0.2) is 0 Å². The van der Waals surface area contributed by atoms with Gasteiger partial charge in [-0.1, -0.05) is 0 Å². The number of nitrogens with zero attached hydrogens (tertiary/aromatic N) is 3. The molecule has 124 valence electrons. The van der Waals surface area contributed by atoms with E-state index < -0.39 is 0 Å². The largest absolute Gasteiger partial charge is 0.396 e. The molecule has 2 N–H and O–H groups in total. The van der Waals surface area contributed by atoms with Crippen molar-refractivity contribution in [2.24, 2.45) is 5.41 Å². The van der Waals surface area contributed by atoms with E-state index in [-0.39, 0.29) is 12.0 Å². The van der Waals surface area contributed by atoms with Crippen LogP contribution >= 0.6 is 0 Å². The first-order valence-corrected chi connectivity index (χ1v) is 8.01. The quantitative estimate of drug-likeness (QED) is 0.749. The van der Waals surface area contributed by atoms with Crippen LogP contribution in [0.15, 0.2) is 6.07 Å². The molecule has 6 nitrogen and oxygen atoms in total. The Morgan fingerprint density at radius 2 is 2.27 bits per heavy atom. The van der Waals surface area contributed by atoms with E-state index in [4.69, 9.17) is 4.74 Å². The van der Waals surface area contributed by atoms with Crippen molar-refractivity contribution >= 4 is 11.8 Å². The lowest BCUT2D eigenvalue weighted by molar-refractivity contribution is 0.0818. The molecule has 2 heterocycles. The molecule has 22 heavy (non-hydrogen) atoms. The Balaban J connectivity index is 2.13. The third-order valence-electron chi connectivity index (χ3n) is 4.43. The Morgan fingerprint density at radius 3 is 2.95 bits per heavy atom. The zero-order valence-electron chi connectivity index (χ0n) is 13.9. The number of anilines is 2. The smallest absolute Gasteiger partial charge is 0.227 e. The zero-order chi connectivity index (χ0) is 16.0. The summed E-state index contributed by atoms with van der Waals surface area (Å²) in [4.78, 5) is 11.3. The highest BCUT2D eigenvalue weighted by molar-refractivity contribution is 5.43. The van der Waals surface area contributed by atoms with E-state index in [9.17, 15) is 5.11 Å². The molecule has 1 aliphatic heterocycles. The number of ether oxygens (including phenoxy) is 1. The third kappa shape index (κ3) is 4.08. The van der Waals surface area contributed by atoms with E-state index in [1.165, 1.54) is 0 Å². The van der Waals surface area contributed by atoms with Crippen LogP contribution < -0.4 is 10.2 Å². The summed E-state index contributed by atoms with van der Waals surface area (Å²) in [5, 5.41) is 13.0. The van der Waals surface area contributed by atoms with Crippen molar-refractivity contribution in [1.82, 2.24) is 9.97 Å². The van der Waals surface area contributed by atoms with Crippen molar-refractivity contribution in [3.63, 3.8) is 0 Å². The molecule has 0 radical (unpaired) electrons. The number of nitrogens with one attached hydrogen (secondary N) is 1. The first-order chi connectivity index (χ1) is 10.6. The lowest BCUT2D eigenvalue weighted by Gasteiger charge is -2.42. The predicted molar refractivity (Wildman–Crippen MR) is 88.4 cm³/mol. The van der Waals surface area contributed by atoms with Crippen molar-refractivity contribution in [3.8, 4) is 0 Å². The van der Waals surface area contributed by atoms with Crippen molar-refractivity contribution in [3.05, 3.63) is 11.8 Å². The summed E-state index contributed by atoms with van der Waals surface area (Å²) in [5.74, 6) is 1.59. The monoisotopic (exact) mass is 308 g/mol. The molecule has 1 aromatic rings. The van der Waals surface area contributed by atoms with Gasteiger partial charge in [0.1, 0.15) is 5.82 Å². The summed E-state index contributed by atoms with van der Waals surface area (Å²) in [7, 11) is 3.59. The zero-order valence-corrected chi connectivity index (χ0v) is 13.9. The van der Waals surface area contributed by atoms with Gasteiger partial charge < -0.3 is 20.1 Å². The second-order valence-corrected chi connectivity index (χ2v) is 6.22. The van der Waals surface area contributed by atoms with E-state index in [1.807, 2.05) is 20.0 Å². The number of aryl methyl sites for hydroxylation is 1. The summed E-state index contributed by atoms with van der Waals surface area (Å²) in [6.07, 6.45) is 4.05. The maximum absolute atomic E-state index is 9.94. The number of aliphatic hydroxyl groups excluding tert-OH is 1. The molecule has 0 spiro atoms. The lowest BCUT2D eigenvalue weighted by Crippen LogP contribution is -2.46. The van der Waals surface area contributed by atoms with Gasteiger partial charge >= 0.3 is 0 Å². The summed E-state index contributed by atoms with van der Waals surface area (Å²) in [6.45, 7) is 4.68. The van der Waals surface area contributed by atoms with Gasteiger partial charge in [-0.15, -0.1) is 0 Å². The molecule has 0 unspecified atom stereocenters. The first kappa shape index (κ1) is 17.0. The minimum Gasteiger partial charge on any atom is -0.396 e. The van der Waals surface area contributed by atoms with Crippen LogP contribution in [0, 0.1) is 12.3 Å². The van der Waals surface area contributed by atoms with Crippen LogP contribution in [-0.2, 0) is 4.74 Å². The summed E-state index contributed by atoms with van der Waals surface area (Å²) in [5.41, 5.74) is 0.887. The van der Waals surface area contributed by atoms with Crippen LogP contribution in [0.5, 0.6) is 0 Å². The van der Waals surface area contributed by atoms with E-state index in [1.54, 1.807) is 7.11 Å². The fourth-order valence-electron chi connectivity index (χ4n) is 3.20. The van der Waals surface area contributed by atoms with Gasteiger partial charge in [-0.2, -0.15) is 4.98 Å². The number of methoxy groups -OCH3 is 1. The van der Waals surface area contributed by atoms with Crippen molar-refractivity contribution in [2.75, 3.05) is 50.7 Å². The van der Waals surface area contributed by atoms with Gasteiger partial charge in [0, 0.05) is 51.0 Å². The van der Waals surface area contributed by atoms with Gasteiger partial charge in [-0.3, -0.25) is 0 Å². The molecule has 0 aromatic carbocycles. The highest BCUT2D eigenvalue weighted by Gasteiger charge is 2.35. The number of aliphatic hydroxyl groups is 1. The number of piperidine rings is 1. The predicted octanol–water partition coefficient (Wildman–Crippen LogP) is 1.83. The topological polar surface area (TPSA) is 70.5 Å². The average Bonchev–Trinajstić information content (AvgIpc) is 2.54. The summed E-state index contributed by atoms with van der Waals surface area (Å²) < 4.78 is 5.15. The van der Waals surface area contributed by atoms with Gasteiger partial charge in [0.2, 0.25) is 5.95 Å². The molecule has 2 rings (SSSR count). The van der Waals surface area contributed by atoms with Crippen LogP contribution in [0.1, 0.15) is 31.4 Å². The standard InChI is InChI=1S/C16H28N4O2/c1-13-10-14(17-2)19-15(18-13)20-8-4-6-16(11-20,12-21)7-5-9-22-3/h10,21H,4-9,11-12H2,1-3H3,(H,17,18,19)/t16-/m0/s1. The van der Waals surface area contributed by atoms with Crippen LogP contribution in [0.3, 0.4) is 0 Å². The minimum atomic E-state index is -0.0658. The SMILES string of the molecule is CNc1cc(C)nc(N2CCC[C@](CO)(CCCOC)C2)n1. The molecule has 1 aromatic heterocycles. The fourth-order valence-corrected chi connectivity index (χ4v) is 3.20. The Labute approximate surface area is 132 Å². The molecule has 6 heteroatoms. The minimum absolute atomic E-state index is 0.0658. The van der Waals surface area contributed by atoms with Crippen molar-refractivity contribution in [2.45, 2.75) is 32.6 Å². The summed E-state index contributed by atoms with van der Waals surface area (Å²) in [6, 6.07) is 1.94. The fraction of sp³-hybridized carbons (Fsp3) is 0.750. The lowest BCUT2D eigenvalue weighted by atomic mass is 9.77. The van der Waals surface area contributed by atoms with Gasteiger partial charge in [0.25, 0.3) is 0 Å². The Morgan fingerprint density at radius 1 is 1.45 bits per heavy atom. The number of rotatable bonds is 7. The molecule has 0 bridgehead atoms. The molecule has 0 amide bonds. The van der Waals surface area contributed by atoms with Crippen LogP contribution in [0.4, 0.5) is 11.8 Å². The molecular weight excluding hydrogens is 280 g/mol. The Kier molecular flexibility index (Phi) is 5.97. The third-order valence-corrected chi connectivity index (χ3v) is 4.43. The molecular formula is C16H28N4O2. The molecule has 1 fully saturated rings. The van der Waals surface area contributed by atoms with E-state index in [0.29, 0.717) is 0 Å². The van der Waals surface area contributed by atoms with Gasteiger partial charge in [0.05, 0.1) is 6.61 Å². The first-order valence-electron chi connectivity index (χ1n) is 8.01.